The molecule has 0 unspecified atom stereocenters. The van der Waals surface area contributed by atoms with Crippen LogP contribution in [0.3, 0.4) is 0 Å². The Balaban J connectivity index is 2.21. The molecule has 0 heterocycles. The molecule has 0 fully saturated rings. The van der Waals surface area contributed by atoms with Crippen molar-refractivity contribution >= 4 is 23.3 Å². The van der Waals surface area contributed by atoms with Gasteiger partial charge in [0, 0.05) is 11.4 Å². The van der Waals surface area contributed by atoms with E-state index in [0.717, 1.165) is 5.56 Å². The highest BCUT2D eigenvalue weighted by molar-refractivity contribution is 5.99. The van der Waals surface area contributed by atoms with E-state index in [-0.39, 0.29) is 5.91 Å². The largest absolute Gasteiger partial charge is 0.465 e. The highest BCUT2D eigenvalue weighted by atomic mass is 16.5. The zero-order valence-electron chi connectivity index (χ0n) is 13.4. The lowest BCUT2D eigenvalue weighted by atomic mass is 9.83. The first kappa shape index (κ1) is 16.5. The first-order valence-electron chi connectivity index (χ1n) is 7.20. The van der Waals surface area contributed by atoms with Crippen LogP contribution in [0.15, 0.2) is 48.5 Å². The maximum absolute atomic E-state index is 12.6. The van der Waals surface area contributed by atoms with Crippen molar-refractivity contribution in [2.45, 2.75) is 19.3 Å². The molecule has 0 aromatic heterocycles. The van der Waals surface area contributed by atoms with Crippen molar-refractivity contribution in [3.8, 4) is 0 Å². The fourth-order valence-electron chi connectivity index (χ4n) is 2.16. The maximum Gasteiger partial charge on any atom is 0.337 e. The Kier molecular flexibility index (Phi) is 4.69. The fraction of sp³-hybridized carbons (Fsp3) is 0.222. The molecule has 3 N–H and O–H groups in total. The summed E-state index contributed by atoms with van der Waals surface area (Å²) < 4.78 is 4.68. The SMILES string of the molecule is COC(=O)c1cccc(NC(=O)C(C)(C)c2ccc(N)cc2)c1. The number of anilines is 2. The number of benzene rings is 2. The fourth-order valence-corrected chi connectivity index (χ4v) is 2.16. The Morgan fingerprint density at radius 2 is 1.74 bits per heavy atom. The van der Waals surface area contributed by atoms with Crippen molar-refractivity contribution in [3.05, 3.63) is 59.7 Å². The van der Waals surface area contributed by atoms with Gasteiger partial charge in [-0.2, -0.15) is 0 Å². The van der Waals surface area contributed by atoms with Crippen molar-refractivity contribution in [1.82, 2.24) is 0 Å². The number of nitrogen functional groups attached to an aromatic ring is 1. The Labute approximate surface area is 135 Å². The third kappa shape index (κ3) is 3.69. The van der Waals surface area contributed by atoms with E-state index < -0.39 is 11.4 Å². The number of hydrogen-bond acceptors (Lipinski definition) is 4. The van der Waals surface area contributed by atoms with Crippen LogP contribution in [0.4, 0.5) is 11.4 Å². The summed E-state index contributed by atoms with van der Waals surface area (Å²) in [5.74, 6) is -0.622. The summed E-state index contributed by atoms with van der Waals surface area (Å²) >= 11 is 0. The molecule has 1 amide bonds. The first-order valence-corrected chi connectivity index (χ1v) is 7.20. The van der Waals surface area contributed by atoms with Gasteiger partial charge in [-0.15, -0.1) is 0 Å². The van der Waals surface area contributed by atoms with Gasteiger partial charge < -0.3 is 15.8 Å². The smallest absolute Gasteiger partial charge is 0.337 e. The third-order valence-corrected chi connectivity index (χ3v) is 3.74. The Bertz CT molecular complexity index is 721. The minimum atomic E-state index is -0.741. The predicted molar refractivity (Wildman–Crippen MR) is 90.3 cm³/mol. The summed E-state index contributed by atoms with van der Waals surface area (Å²) in [6.07, 6.45) is 0. The quantitative estimate of drug-likeness (QED) is 0.672. The molecule has 5 heteroatoms. The minimum absolute atomic E-state index is 0.177. The number of amides is 1. The molecule has 0 saturated heterocycles. The van der Waals surface area contributed by atoms with Gasteiger partial charge in [0.25, 0.3) is 0 Å². The second-order valence-corrected chi connectivity index (χ2v) is 5.77. The number of carbonyl (C=O) groups excluding carboxylic acids is 2. The highest BCUT2D eigenvalue weighted by Crippen LogP contribution is 2.26. The number of hydrogen-bond donors (Lipinski definition) is 2. The van der Waals surface area contributed by atoms with E-state index in [0.29, 0.717) is 16.9 Å². The zero-order valence-corrected chi connectivity index (χ0v) is 13.4. The van der Waals surface area contributed by atoms with E-state index in [1.54, 1.807) is 36.4 Å². The van der Waals surface area contributed by atoms with Crippen LogP contribution in [0.5, 0.6) is 0 Å². The number of carbonyl (C=O) groups is 2. The molecule has 2 aromatic carbocycles. The standard InChI is InChI=1S/C18H20N2O3/c1-18(2,13-7-9-14(19)10-8-13)17(22)20-15-6-4-5-12(11-15)16(21)23-3/h4-11H,19H2,1-3H3,(H,20,22). The lowest BCUT2D eigenvalue weighted by Gasteiger charge is -2.24. The second-order valence-electron chi connectivity index (χ2n) is 5.77. The molecule has 0 saturated carbocycles. The van der Waals surface area contributed by atoms with Crippen molar-refractivity contribution in [2.75, 3.05) is 18.2 Å². The van der Waals surface area contributed by atoms with E-state index in [1.165, 1.54) is 7.11 Å². The van der Waals surface area contributed by atoms with Gasteiger partial charge in [0.2, 0.25) is 5.91 Å². The number of rotatable bonds is 4. The molecule has 0 aliphatic rings. The number of nitrogens with one attached hydrogen (secondary N) is 1. The molecule has 0 atom stereocenters. The molecule has 0 aliphatic carbocycles. The van der Waals surface area contributed by atoms with Gasteiger partial charge in [0.15, 0.2) is 0 Å². The zero-order chi connectivity index (χ0) is 17.0. The summed E-state index contributed by atoms with van der Waals surface area (Å²) in [5, 5.41) is 2.84. The molecule has 0 aliphatic heterocycles. The highest BCUT2D eigenvalue weighted by Gasteiger charge is 2.29. The van der Waals surface area contributed by atoms with Crippen LogP contribution in [-0.2, 0) is 14.9 Å². The Morgan fingerprint density at radius 3 is 2.35 bits per heavy atom. The summed E-state index contributed by atoms with van der Waals surface area (Å²) in [7, 11) is 1.32. The van der Waals surface area contributed by atoms with E-state index in [1.807, 2.05) is 26.0 Å². The Hall–Kier alpha value is -2.82. The summed E-state index contributed by atoms with van der Waals surface area (Å²) in [5.41, 5.74) is 7.37. The van der Waals surface area contributed by atoms with Crippen LogP contribution in [0, 0.1) is 0 Å². The third-order valence-electron chi connectivity index (χ3n) is 3.74. The van der Waals surface area contributed by atoms with Gasteiger partial charge in [-0.3, -0.25) is 4.79 Å². The van der Waals surface area contributed by atoms with Crippen molar-refractivity contribution < 1.29 is 14.3 Å². The van der Waals surface area contributed by atoms with Crippen LogP contribution in [-0.4, -0.2) is 19.0 Å². The average Bonchev–Trinajstić information content (AvgIpc) is 2.54. The normalized spacial score (nSPS) is 10.9. The summed E-state index contributed by atoms with van der Waals surface area (Å²) in [4.78, 5) is 24.2. The lowest BCUT2D eigenvalue weighted by molar-refractivity contribution is -0.120. The van der Waals surface area contributed by atoms with E-state index in [4.69, 9.17) is 5.73 Å². The lowest BCUT2D eigenvalue weighted by Crippen LogP contribution is -2.34. The molecule has 5 nitrogen and oxygen atoms in total. The average molecular weight is 312 g/mol. The number of nitrogens with two attached hydrogens (primary N) is 1. The van der Waals surface area contributed by atoms with E-state index in [9.17, 15) is 9.59 Å². The van der Waals surface area contributed by atoms with Gasteiger partial charge in [0.1, 0.15) is 0 Å². The number of methoxy groups -OCH3 is 1. The number of esters is 1. The predicted octanol–water partition coefficient (Wildman–Crippen LogP) is 2.97. The monoisotopic (exact) mass is 312 g/mol. The molecule has 2 rings (SSSR count). The maximum atomic E-state index is 12.6. The molecule has 2 aromatic rings. The van der Waals surface area contributed by atoms with Gasteiger partial charge >= 0.3 is 5.97 Å². The molecule has 120 valence electrons. The summed E-state index contributed by atoms with van der Waals surface area (Å²) in [6.45, 7) is 3.66. The summed E-state index contributed by atoms with van der Waals surface area (Å²) in [6, 6.07) is 13.8. The van der Waals surface area contributed by atoms with Crippen molar-refractivity contribution in [3.63, 3.8) is 0 Å². The van der Waals surface area contributed by atoms with Gasteiger partial charge in [-0.25, -0.2) is 4.79 Å². The van der Waals surface area contributed by atoms with Crippen LogP contribution in [0.25, 0.3) is 0 Å². The second kappa shape index (κ2) is 6.52. The van der Waals surface area contributed by atoms with Gasteiger partial charge in [-0.05, 0) is 49.7 Å². The molecule has 0 bridgehead atoms. The van der Waals surface area contributed by atoms with Crippen LogP contribution in [0.1, 0.15) is 29.8 Å². The van der Waals surface area contributed by atoms with Crippen LogP contribution >= 0.6 is 0 Å². The van der Waals surface area contributed by atoms with Crippen molar-refractivity contribution in [2.24, 2.45) is 0 Å². The van der Waals surface area contributed by atoms with E-state index >= 15 is 0 Å². The van der Waals surface area contributed by atoms with Gasteiger partial charge in [-0.1, -0.05) is 18.2 Å². The minimum Gasteiger partial charge on any atom is -0.465 e. The van der Waals surface area contributed by atoms with Crippen LogP contribution in [0.2, 0.25) is 0 Å². The van der Waals surface area contributed by atoms with E-state index in [2.05, 4.69) is 10.1 Å². The first-order chi connectivity index (χ1) is 10.8. The topological polar surface area (TPSA) is 81.4 Å². The molecule has 0 radical (unpaired) electrons. The Morgan fingerprint density at radius 1 is 1.09 bits per heavy atom. The molecular formula is C18H20N2O3. The van der Waals surface area contributed by atoms with Gasteiger partial charge in [0.05, 0.1) is 18.1 Å². The van der Waals surface area contributed by atoms with Crippen molar-refractivity contribution in [1.29, 1.82) is 0 Å². The van der Waals surface area contributed by atoms with Crippen LogP contribution < -0.4 is 11.1 Å². The number of ether oxygens (including phenoxy) is 1. The molecular weight excluding hydrogens is 292 g/mol. The molecule has 23 heavy (non-hydrogen) atoms. The molecule has 0 spiro atoms.